The molecule has 2 aromatic rings. The maximum absolute atomic E-state index is 12.1. The molecular formula is C21H27N3O4. The number of hydrogen-bond acceptors (Lipinski definition) is 5. The normalized spacial score (nSPS) is 10.5. The van der Waals surface area contributed by atoms with Crippen LogP contribution in [0.1, 0.15) is 11.1 Å². The van der Waals surface area contributed by atoms with Gasteiger partial charge in [0.05, 0.1) is 27.3 Å². The highest BCUT2D eigenvalue weighted by molar-refractivity contribution is 5.92. The Morgan fingerprint density at radius 1 is 0.929 bits per heavy atom. The Kier molecular flexibility index (Phi) is 7.83. The summed E-state index contributed by atoms with van der Waals surface area (Å²) in [5.74, 6) is 0.913. The number of ether oxygens (including phenoxy) is 2. The van der Waals surface area contributed by atoms with Gasteiger partial charge in [0.25, 0.3) is 0 Å². The lowest BCUT2D eigenvalue weighted by Gasteiger charge is -2.16. The number of carbonyl (C=O) groups is 2. The molecule has 0 saturated carbocycles. The molecule has 2 N–H and O–H groups in total. The van der Waals surface area contributed by atoms with Crippen LogP contribution in [0.5, 0.6) is 11.5 Å². The Morgan fingerprint density at radius 3 is 2.21 bits per heavy atom. The van der Waals surface area contributed by atoms with Crippen molar-refractivity contribution >= 4 is 17.5 Å². The van der Waals surface area contributed by atoms with Crippen molar-refractivity contribution in [3.05, 3.63) is 53.6 Å². The average Bonchev–Trinajstić information content (AvgIpc) is 2.67. The Labute approximate surface area is 165 Å². The first-order valence-corrected chi connectivity index (χ1v) is 8.94. The van der Waals surface area contributed by atoms with Crippen molar-refractivity contribution < 1.29 is 19.1 Å². The van der Waals surface area contributed by atoms with Crippen LogP contribution in [0.2, 0.25) is 0 Å². The topological polar surface area (TPSA) is 79.9 Å². The van der Waals surface area contributed by atoms with Gasteiger partial charge in [-0.1, -0.05) is 23.8 Å². The largest absolute Gasteiger partial charge is 0.493 e. The zero-order valence-corrected chi connectivity index (χ0v) is 16.7. The van der Waals surface area contributed by atoms with E-state index in [2.05, 4.69) is 10.6 Å². The van der Waals surface area contributed by atoms with E-state index in [1.54, 1.807) is 32.2 Å². The van der Waals surface area contributed by atoms with Crippen LogP contribution >= 0.6 is 0 Å². The number of rotatable bonds is 9. The standard InChI is InChI=1S/C21H27N3O4/c1-15-5-8-17(9-6-15)23-21(26)14-24(2)13-20(25)22-12-16-7-10-18(27-3)19(11-16)28-4/h5-11H,12-14H2,1-4H3,(H,22,25)(H,23,26). The Bertz CT molecular complexity index is 806. The lowest BCUT2D eigenvalue weighted by Crippen LogP contribution is -2.38. The molecule has 7 heteroatoms. The van der Waals surface area contributed by atoms with Crippen molar-refractivity contribution in [1.82, 2.24) is 10.2 Å². The van der Waals surface area contributed by atoms with Crippen LogP contribution in [0, 0.1) is 6.92 Å². The number of aryl methyl sites for hydroxylation is 1. The molecule has 0 aromatic heterocycles. The summed E-state index contributed by atoms with van der Waals surface area (Å²) in [6, 6.07) is 13.0. The van der Waals surface area contributed by atoms with Gasteiger partial charge in [-0.25, -0.2) is 0 Å². The van der Waals surface area contributed by atoms with E-state index in [0.717, 1.165) is 16.8 Å². The van der Waals surface area contributed by atoms with Crippen LogP contribution < -0.4 is 20.1 Å². The van der Waals surface area contributed by atoms with E-state index in [1.165, 1.54) is 0 Å². The quantitative estimate of drug-likeness (QED) is 0.692. The van der Waals surface area contributed by atoms with Gasteiger partial charge in [0, 0.05) is 12.2 Å². The first-order valence-electron chi connectivity index (χ1n) is 8.94. The first kappa shape index (κ1) is 21.2. The molecule has 0 aliphatic rings. The highest BCUT2D eigenvalue weighted by Crippen LogP contribution is 2.27. The van der Waals surface area contributed by atoms with Gasteiger partial charge in [-0.3, -0.25) is 14.5 Å². The summed E-state index contributed by atoms with van der Waals surface area (Å²) in [6.07, 6.45) is 0. The number of hydrogen-bond donors (Lipinski definition) is 2. The number of anilines is 1. The van der Waals surface area contributed by atoms with Gasteiger partial charge in [-0.15, -0.1) is 0 Å². The molecule has 0 radical (unpaired) electrons. The van der Waals surface area contributed by atoms with Crippen LogP contribution in [0.3, 0.4) is 0 Å². The Hall–Kier alpha value is -3.06. The molecule has 0 heterocycles. The molecule has 0 saturated heterocycles. The van der Waals surface area contributed by atoms with Crippen LogP contribution in [0.4, 0.5) is 5.69 Å². The zero-order chi connectivity index (χ0) is 20.5. The molecule has 0 aliphatic heterocycles. The minimum absolute atomic E-state index is 0.120. The van der Waals surface area contributed by atoms with Crippen molar-refractivity contribution in [1.29, 1.82) is 0 Å². The third kappa shape index (κ3) is 6.59. The minimum atomic E-state index is -0.168. The van der Waals surface area contributed by atoms with Crippen molar-refractivity contribution in [3.8, 4) is 11.5 Å². The summed E-state index contributed by atoms with van der Waals surface area (Å²) in [7, 11) is 4.87. The van der Waals surface area contributed by atoms with Gasteiger partial charge >= 0.3 is 0 Å². The second kappa shape index (κ2) is 10.3. The van der Waals surface area contributed by atoms with Crippen LogP contribution in [-0.4, -0.2) is 51.1 Å². The van der Waals surface area contributed by atoms with Crippen LogP contribution in [0.25, 0.3) is 0 Å². The molecule has 2 aromatic carbocycles. The van der Waals surface area contributed by atoms with Gasteiger partial charge in [0.15, 0.2) is 11.5 Å². The predicted molar refractivity (Wildman–Crippen MR) is 109 cm³/mol. The molecule has 0 atom stereocenters. The molecule has 150 valence electrons. The second-order valence-corrected chi connectivity index (χ2v) is 6.55. The molecule has 28 heavy (non-hydrogen) atoms. The fourth-order valence-electron chi connectivity index (χ4n) is 2.63. The molecule has 0 bridgehead atoms. The van der Waals surface area contributed by atoms with E-state index in [1.807, 2.05) is 43.3 Å². The fourth-order valence-corrected chi connectivity index (χ4v) is 2.63. The maximum atomic E-state index is 12.1. The highest BCUT2D eigenvalue weighted by Gasteiger charge is 2.11. The molecule has 0 spiro atoms. The number of nitrogens with zero attached hydrogens (tertiary/aromatic N) is 1. The summed E-state index contributed by atoms with van der Waals surface area (Å²) in [6.45, 7) is 2.59. The predicted octanol–water partition coefficient (Wildman–Crippen LogP) is 2.20. The van der Waals surface area contributed by atoms with E-state index in [4.69, 9.17) is 9.47 Å². The van der Waals surface area contributed by atoms with Gasteiger partial charge in [0.1, 0.15) is 0 Å². The Morgan fingerprint density at radius 2 is 1.57 bits per heavy atom. The van der Waals surface area contributed by atoms with Gasteiger partial charge in [-0.2, -0.15) is 0 Å². The number of benzene rings is 2. The number of nitrogens with one attached hydrogen (secondary N) is 2. The SMILES string of the molecule is COc1ccc(CNC(=O)CN(C)CC(=O)Nc2ccc(C)cc2)cc1OC. The van der Waals surface area contributed by atoms with Crippen LogP contribution in [-0.2, 0) is 16.1 Å². The number of methoxy groups -OCH3 is 2. The van der Waals surface area contributed by atoms with Crippen molar-refractivity contribution in [2.24, 2.45) is 0 Å². The van der Waals surface area contributed by atoms with E-state index in [-0.39, 0.29) is 24.9 Å². The molecule has 7 nitrogen and oxygen atoms in total. The molecule has 0 fully saturated rings. The van der Waals surface area contributed by atoms with Gasteiger partial charge < -0.3 is 20.1 Å². The van der Waals surface area contributed by atoms with E-state index >= 15 is 0 Å². The van der Waals surface area contributed by atoms with E-state index in [9.17, 15) is 9.59 Å². The average molecular weight is 385 g/mol. The molecule has 2 rings (SSSR count). The molecular weight excluding hydrogens is 358 g/mol. The summed E-state index contributed by atoms with van der Waals surface area (Å²) in [4.78, 5) is 25.9. The third-order valence-corrected chi connectivity index (χ3v) is 4.10. The second-order valence-electron chi connectivity index (χ2n) is 6.55. The first-order chi connectivity index (χ1) is 13.4. The summed E-state index contributed by atoms with van der Waals surface area (Å²) in [5, 5.41) is 5.66. The zero-order valence-electron chi connectivity index (χ0n) is 16.7. The lowest BCUT2D eigenvalue weighted by atomic mass is 10.2. The van der Waals surface area contributed by atoms with Crippen molar-refractivity contribution in [2.45, 2.75) is 13.5 Å². The third-order valence-electron chi connectivity index (χ3n) is 4.10. The number of carbonyl (C=O) groups excluding carboxylic acids is 2. The molecule has 2 amide bonds. The van der Waals surface area contributed by atoms with E-state index in [0.29, 0.717) is 18.0 Å². The summed E-state index contributed by atoms with van der Waals surface area (Å²) >= 11 is 0. The van der Waals surface area contributed by atoms with Gasteiger partial charge in [0.2, 0.25) is 11.8 Å². The maximum Gasteiger partial charge on any atom is 0.238 e. The van der Waals surface area contributed by atoms with Crippen molar-refractivity contribution in [3.63, 3.8) is 0 Å². The smallest absolute Gasteiger partial charge is 0.238 e. The molecule has 0 unspecified atom stereocenters. The number of amides is 2. The summed E-state index contributed by atoms with van der Waals surface area (Å²) in [5.41, 5.74) is 2.76. The highest BCUT2D eigenvalue weighted by atomic mass is 16.5. The number of likely N-dealkylation sites (N-methyl/N-ethyl adjacent to an activating group) is 1. The van der Waals surface area contributed by atoms with Crippen molar-refractivity contribution in [2.75, 3.05) is 39.7 Å². The summed E-state index contributed by atoms with van der Waals surface area (Å²) < 4.78 is 10.5. The van der Waals surface area contributed by atoms with E-state index < -0.39 is 0 Å². The Balaban J connectivity index is 1.77. The molecule has 0 aliphatic carbocycles. The van der Waals surface area contributed by atoms with Gasteiger partial charge in [-0.05, 0) is 43.8 Å². The van der Waals surface area contributed by atoms with Crippen LogP contribution in [0.15, 0.2) is 42.5 Å². The minimum Gasteiger partial charge on any atom is -0.493 e. The lowest BCUT2D eigenvalue weighted by molar-refractivity contribution is -0.123. The fraction of sp³-hybridized carbons (Fsp3) is 0.333. The monoisotopic (exact) mass is 385 g/mol.